The van der Waals surface area contributed by atoms with Gasteiger partial charge in [-0.05, 0) is 39.7 Å². The molecule has 0 aliphatic heterocycles. The van der Waals surface area contributed by atoms with Gasteiger partial charge >= 0.3 is 12.1 Å². The minimum atomic E-state index is -4.28. The molecule has 1 aromatic carbocycles. The Morgan fingerprint density at radius 3 is 2.58 bits per heavy atom. The molecule has 0 aliphatic rings. The maximum atomic E-state index is 12.3. The van der Waals surface area contributed by atoms with Gasteiger partial charge in [0.2, 0.25) is 0 Å². The molecule has 1 N–H and O–H groups in total. The summed E-state index contributed by atoms with van der Waals surface area (Å²) in [5, 5.41) is 8.48. The summed E-state index contributed by atoms with van der Waals surface area (Å²) in [7, 11) is 1.33. The maximum Gasteiger partial charge on any atom is 0.405 e. The van der Waals surface area contributed by atoms with Crippen molar-refractivity contribution in [1.29, 1.82) is 0 Å². The van der Waals surface area contributed by atoms with E-state index < -0.39 is 18.7 Å². The summed E-state index contributed by atoms with van der Waals surface area (Å²) in [6.07, 6.45) is -1.96. The molecule has 0 unspecified atom stereocenters. The molecular formula is C12H11BrF3NO2. The highest BCUT2D eigenvalue weighted by molar-refractivity contribution is 9.10. The molecule has 0 spiro atoms. The number of anilines is 1. The molecule has 7 heteroatoms. The number of hydrogen-bond acceptors (Lipinski definition) is 2. The second-order valence-electron chi connectivity index (χ2n) is 3.85. The maximum absolute atomic E-state index is 12.3. The van der Waals surface area contributed by atoms with Gasteiger partial charge in [0, 0.05) is 17.6 Å². The number of carboxylic acid groups (broad SMARTS) is 1. The van der Waals surface area contributed by atoms with Crippen molar-refractivity contribution in [3.63, 3.8) is 0 Å². The van der Waals surface area contributed by atoms with E-state index >= 15 is 0 Å². The first-order chi connectivity index (χ1) is 8.69. The Morgan fingerprint density at radius 2 is 2.11 bits per heavy atom. The molecule has 0 radical (unpaired) electrons. The van der Waals surface area contributed by atoms with Crippen molar-refractivity contribution in [3.05, 3.63) is 34.3 Å². The van der Waals surface area contributed by atoms with E-state index in [1.807, 2.05) is 0 Å². The molecule has 104 valence electrons. The van der Waals surface area contributed by atoms with Gasteiger partial charge in [0.25, 0.3) is 0 Å². The highest BCUT2D eigenvalue weighted by Crippen LogP contribution is 2.29. The van der Waals surface area contributed by atoms with Crippen LogP contribution < -0.4 is 4.90 Å². The molecule has 0 saturated heterocycles. The Balaban J connectivity index is 2.91. The smallest absolute Gasteiger partial charge is 0.405 e. The van der Waals surface area contributed by atoms with Crippen molar-refractivity contribution in [2.45, 2.75) is 6.18 Å². The van der Waals surface area contributed by atoms with Crippen molar-refractivity contribution in [2.75, 3.05) is 18.5 Å². The normalized spacial score (nSPS) is 11.8. The van der Waals surface area contributed by atoms with E-state index in [1.54, 1.807) is 12.1 Å². The van der Waals surface area contributed by atoms with Gasteiger partial charge in [0.15, 0.2) is 0 Å². The molecular weight excluding hydrogens is 327 g/mol. The lowest BCUT2D eigenvalue weighted by atomic mass is 10.2. The molecule has 0 heterocycles. The number of carbonyl (C=O) groups is 1. The second kappa shape index (κ2) is 6.10. The molecule has 0 bridgehead atoms. The predicted molar refractivity (Wildman–Crippen MR) is 70.1 cm³/mol. The van der Waals surface area contributed by atoms with Crippen molar-refractivity contribution in [1.82, 2.24) is 0 Å². The summed E-state index contributed by atoms with van der Waals surface area (Å²) in [5.41, 5.74) is 0.961. The summed E-state index contributed by atoms with van der Waals surface area (Å²) in [6, 6.07) is 4.60. The average molecular weight is 338 g/mol. The Bertz CT molecular complexity index is 500. The van der Waals surface area contributed by atoms with Crippen molar-refractivity contribution in [2.24, 2.45) is 0 Å². The number of benzene rings is 1. The van der Waals surface area contributed by atoms with Crippen molar-refractivity contribution >= 4 is 33.7 Å². The van der Waals surface area contributed by atoms with Crippen LogP contribution >= 0.6 is 15.9 Å². The number of aliphatic carboxylic acids is 1. The second-order valence-corrected chi connectivity index (χ2v) is 4.71. The predicted octanol–water partition coefficient (Wildman–Crippen LogP) is 3.55. The van der Waals surface area contributed by atoms with Gasteiger partial charge in [-0.25, -0.2) is 4.79 Å². The SMILES string of the molecule is CN(CC(F)(F)F)c1ccc(/C=C/C(=O)O)cc1Br. The first-order valence-corrected chi connectivity index (χ1v) is 5.97. The largest absolute Gasteiger partial charge is 0.478 e. The van der Waals surface area contributed by atoms with E-state index in [2.05, 4.69) is 15.9 Å². The van der Waals surface area contributed by atoms with Gasteiger partial charge < -0.3 is 10.0 Å². The lowest BCUT2D eigenvalue weighted by Gasteiger charge is -2.22. The van der Waals surface area contributed by atoms with Crippen LogP contribution in [0.5, 0.6) is 0 Å². The topological polar surface area (TPSA) is 40.5 Å². The molecule has 0 aliphatic carbocycles. The minimum Gasteiger partial charge on any atom is -0.478 e. The molecule has 0 saturated carbocycles. The highest BCUT2D eigenvalue weighted by Gasteiger charge is 2.29. The van der Waals surface area contributed by atoms with Gasteiger partial charge in [-0.2, -0.15) is 13.2 Å². The fourth-order valence-corrected chi connectivity index (χ4v) is 2.16. The zero-order chi connectivity index (χ0) is 14.6. The molecule has 0 aromatic heterocycles. The van der Waals surface area contributed by atoms with Gasteiger partial charge in [-0.1, -0.05) is 6.07 Å². The van der Waals surface area contributed by atoms with E-state index in [0.29, 0.717) is 15.7 Å². The molecule has 0 amide bonds. The van der Waals surface area contributed by atoms with Crippen LogP contribution in [0.15, 0.2) is 28.7 Å². The molecule has 1 rings (SSSR count). The van der Waals surface area contributed by atoms with Crippen LogP contribution in [-0.2, 0) is 4.79 Å². The van der Waals surface area contributed by atoms with E-state index in [1.165, 1.54) is 19.2 Å². The number of carboxylic acids is 1. The van der Waals surface area contributed by atoms with Gasteiger partial charge in [-0.15, -0.1) is 0 Å². The molecule has 3 nitrogen and oxygen atoms in total. The Hall–Kier alpha value is -1.50. The summed E-state index contributed by atoms with van der Waals surface area (Å²) in [6.45, 7) is -1.06. The summed E-state index contributed by atoms with van der Waals surface area (Å²) < 4.78 is 37.3. The minimum absolute atomic E-state index is 0.379. The molecule has 0 fully saturated rings. The van der Waals surface area contributed by atoms with Crippen LogP contribution in [0, 0.1) is 0 Å². The van der Waals surface area contributed by atoms with Gasteiger partial charge in [0.1, 0.15) is 6.54 Å². The number of rotatable bonds is 4. The van der Waals surface area contributed by atoms with Crippen molar-refractivity contribution in [3.8, 4) is 0 Å². The monoisotopic (exact) mass is 337 g/mol. The lowest BCUT2D eigenvalue weighted by Crippen LogP contribution is -2.31. The van der Waals surface area contributed by atoms with Crippen molar-refractivity contribution < 1.29 is 23.1 Å². The van der Waals surface area contributed by atoms with Crippen LogP contribution in [0.4, 0.5) is 18.9 Å². The van der Waals surface area contributed by atoms with E-state index in [9.17, 15) is 18.0 Å². The first kappa shape index (κ1) is 15.6. The van der Waals surface area contributed by atoms with Gasteiger partial charge in [0.05, 0.1) is 5.69 Å². The third kappa shape index (κ3) is 5.34. The van der Waals surface area contributed by atoms with E-state index in [4.69, 9.17) is 5.11 Å². The Morgan fingerprint density at radius 1 is 1.47 bits per heavy atom. The fourth-order valence-electron chi connectivity index (χ4n) is 1.46. The highest BCUT2D eigenvalue weighted by atomic mass is 79.9. The van der Waals surface area contributed by atoms with Crippen LogP contribution in [0.3, 0.4) is 0 Å². The zero-order valence-electron chi connectivity index (χ0n) is 9.91. The number of hydrogen-bond donors (Lipinski definition) is 1. The molecule has 19 heavy (non-hydrogen) atoms. The first-order valence-electron chi connectivity index (χ1n) is 5.17. The Kier molecular flexibility index (Phi) is 4.99. The quantitative estimate of drug-likeness (QED) is 0.854. The third-order valence-electron chi connectivity index (χ3n) is 2.22. The van der Waals surface area contributed by atoms with E-state index in [-0.39, 0.29) is 0 Å². The average Bonchev–Trinajstić information content (AvgIpc) is 2.23. The Labute approximate surface area is 116 Å². The van der Waals surface area contributed by atoms with Crippen LogP contribution in [0.2, 0.25) is 0 Å². The van der Waals surface area contributed by atoms with Crippen LogP contribution in [0.25, 0.3) is 6.08 Å². The number of halogens is 4. The van der Waals surface area contributed by atoms with Crippen LogP contribution in [0.1, 0.15) is 5.56 Å². The number of alkyl halides is 3. The molecule has 1 aromatic rings. The zero-order valence-corrected chi connectivity index (χ0v) is 11.5. The van der Waals surface area contributed by atoms with Crippen LogP contribution in [-0.4, -0.2) is 30.8 Å². The third-order valence-corrected chi connectivity index (χ3v) is 2.85. The lowest BCUT2D eigenvalue weighted by molar-refractivity contribution is -0.131. The summed E-state index contributed by atoms with van der Waals surface area (Å²) >= 11 is 3.17. The molecule has 0 atom stereocenters. The standard InChI is InChI=1S/C12H11BrF3NO2/c1-17(7-12(14,15)16)10-4-2-8(6-9(10)13)3-5-11(18)19/h2-6H,7H2,1H3,(H,18,19)/b5-3+. The van der Waals surface area contributed by atoms with E-state index in [0.717, 1.165) is 11.0 Å². The fraction of sp³-hybridized carbons (Fsp3) is 0.250. The number of nitrogens with zero attached hydrogens (tertiary/aromatic N) is 1. The summed E-state index contributed by atoms with van der Waals surface area (Å²) in [4.78, 5) is 11.4. The summed E-state index contributed by atoms with van der Waals surface area (Å²) in [5.74, 6) is -1.09. The van der Waals surface area contributed by atoms with Gasteiger partial charge in [-0.3, -0.25) is 0 Å².